The van der Waals surface area contributed by atoms with Crippen LogP contribution in [-0.2, 0) is 17.6 Å². The summed E-state index contributed by atoms with van der Waals surface area (Å²) in [6.45, 7) is 3.26. The van der Waals surface area contributed by atoms with Gasteiger partial charge < -0.3 is 15.4 Å². The quantitative estimate of drug-likeness (QED) is 0.473. The van der Waals surface area contributed by atoms with Crippen LogP contribution in [0.1, 0.15) is 59.4 Å². The van der Waals surface area contributed by atoms with Crippen LogP contribution in [0.4, 0.5) is 9.18 Å². The maximum Gasteiger partial charge on any atom is 0.411 e. The number of unbranched alkanes of at least 4 members (excludes halogenated alkanes) is 1. The number of halogens is 2. The number of nitrogens with two attached hydrogens (primary N) is 1. The second-order valence-corrected chi connectivity index (χ2v) is 10.3. The van der Waals surface area contributed by atoms with Gasteiger partial charge in [0.25, 0.3) is 5.91 Å². The molecule has 0 saturated carbocycles. The smallest absolute Gasteiger partial charge is 0.411 e. The van der Waals surface area contributed by atoms with Crippen LogP contribution in [0.5, 0.6) is 0 Å². The van der Waals surface area contributed by atoms with Gasteiger partial charge >= 0.3 is 6.09 Å². The second-order valence-electron chi connectivity index (χ2n) is 9.90. The number of carbonyl (C=O) groups excluding carboxylic acids is 2. The zero-order valence-electron chi connectivity index (χ0n) is 21.3. The lowest BCUT2D eigenvalue weighted by Gasteiger charge is -2.38. The lowest BCUT2D eigenvalue weighted by atomic mass is 9.84. The minimum atomic E-state index is -0.640. The molecule has 2 amide bonds. The van der Waals surface area contributed by atoms with E-state index in [2.05, 4.69) is 4.98 Å². The summed E-state index contributed by atoms with van der Waals surface area (Å²) < 4.78 is 18.6. The van der Waals surface area contributed by atoms with Gasteiger partial charge in [0.05, 0.1) is 29.9 Å². The molecule has 2 N–H and O–H groups in total. The molecule has 1 unspecified atom stereocenters. The summed E-state index contributed by atoms with van der Waals surface area (Å²) in [5, 5.41) is 1.46. The van der Waals surface area contributed by atoms with Gasteiger partial charge in [-0.2, -0.15) is 0 Å². The number of pyridine rings is 2. The molecule has 5 rings (SSSR count). The summed E-state index contributed by atoms with van der Waals surface area (Å²) in [4.78, 5) is 38.0. The third-order valence-corrected chi connectivity index (χ3v) is 7.80. The van der Waals surface area contributed by atoms with Crippen LogP contribution in [0, 0.1) is 5.82 Å². The number of hydrogen-bond donors (Lipinski definition) is 1. The van der Waals surface area contributed by atoms with E-state index in [0.29, 0.717) is 42.2 Å². The van der Waals surface area contributed by atoms with E-state index in [1.807, 2.05) is 13.0 Å². The highest BCUT2D eigenvalue weighted by Gasteiger charge is 2.32. The van der Waals surface area contributed by atoms with Gasteiger partial charge in [-0.3, -0.25) is 19.7 Å². The van der Waals surface area contributed by atoms with E-state index in [4.69, 9.17) is 27.1 Å². The molecule has 0 radical (unpaired) electrons. The average molecular weight is 540 g/mol. The first-order chi connectivity index (χ1) is 18.4. The van der Waals surface area contributed by atoms with Crippen molar-refractivity contribution in [1.29, 1.82) is 0 Å². The van der Waals surface area contributed by atoms with Crippen molar-refractivity contribution >= 4 is 34.5 Å². The van der Waals surface area contributed by atoms with Crippen LogP contribution in [0.3, 0.4) is 0 Å². The molecular formula is C28H31ClFN5O3. The fourth-order valence-electron chi connectivity index (χ4n) is 5.19. The highest BCUT2D eigenvalue weighted by molar-refractivity contribution is 6.36. The van der Waals surface area contributed by atoms with Crippen molar-refractivity contribution in [3.63, 3.8) is 0 Å². The average Bonchev–Trinajstić information content (AvgIpc) is 2.92. The molecule has 3 heterocycles. The van der Waals surface area contributed by atoms with Crippen molar-refractivity contribution in [3.8, 4) is 0 Å². The first-order valence-corrected chi connectivity index (χ1v) is 13.4. The van der Waals surface area contributed by atoms with Gasteiger partial charge in [0.15, 0.2) is 0 Å². The maximum atomic E-state index is 13.4. The Balaban J connectivity index is 1.32. The lowest BCUT2D eigenvalue weighted by molar-refractivity contribution is 0.0386. The van der Waals surface area contributed by atoms with Gasteiger partial charge in [0.2, 0.25) is 0 Å². The molecule has 200 valence electrons. The van der Waals surface area contributed by atoms with Crippen LogP contribution in [0.15, 0.2) is 36.5 Å². The van der Waals surface area contributed by atoms with E-state index in [9.17, 15) is 14.0 Å². The number of fused-ring (bicyclic) bond motifs is 2. The zero-order valence-corrected chi connectivity index (χ0v) is 22.1. The second kappa shape index (κ2) is 11.2. The Bertz CT molecular complexity index is 1350. The van der Waals surface area contributed by atoms with Gasteiger partial charge in [-0.05, 0) is 55.5 Å². The Morgan fingerprint density at radius 1 is 1.24 bits per heavy atom. The number of nitrogens with zero attached hydrogens (tertiary/aromatic N) is 4. The van der Waals surface area contributed by atoms with Crippen molar-refractivity contribution in [2.24, 2.45) is 5.73 Å². The number of ether oxygens (including phenoxy) is 1. The third-order valence-electron chi connectivity index (χ3n) is 7.36. The molecule has 2 atom stereocenters. The van der Waals surface area contributed by atoms with Crippen molar-refractivity contribution in [1.82, 2.24) is 19.8 Å². The molecule has 3 aromatic rings. The Morgan fingerprint density at radius 3 is 2.82 bits per heavy atom. The minimum absolute atomic E-state index is 0.125. The SMILES string of the molecule is CCCCOC(=O)N1CCN(C(=O)c2ccc3c(Cl)c4c(nc3c2)CC(c2ccc(F)cn2)CC4)C[C@H]1N. The zero-order chi connectivity index (χ0) is 26.8. The number of benzene rings is 1. The Hall–Kier alpha value is -3.30. The highest BCUT2D eigenvalue weighted by atomic mass is 35.5. The number of piperazine rings is 1. The first kappa shape index (κ1) is 26.3. The van der Waals surface area contributed by atoms with Gasteiger partial charge in [-0.25, -0.2) is 9.18 Å². The van der Waals surface area contributed by atoms with Gasteiger partial charge in [0.1, 0.15) is 12.0 Å². The molecule has 1 fully saturated rings. The molecule has 0 spiro atoms. The summed E-state index contributed by atoms with van der Waals surface area (Å²) in [6, 6.07) is 8.51. The fraction of sp³-hybridized carbons (Fsp3) is 0.429. The van der Waals surface area contributed by atoms with Crippen molar-refractivity contribution < 1.29 is 18.7 Å². The van der Waals surface area contributed by atoms with Gasteiger partial charge in [-0.1, -0.05) is 31.0 Å². The van der Waals surface area contributed by atoms with E-state index < -0.39 is 12.3 Å². The molecule has 1 aromatic carbocycles. The molecule has 1 saturated heterocycles. The number of rotatable bonds is 5. The number of amides is 2. The maximum absolute atomic E-state index is 13.4. The minimum Gasteiger partial charge on any atom is -0.449 e. The molecule has 2 aromatic heterocycles. The van der Waals surface area contributed by atoms with Crippen LogP contribution in [0.25, 0.3) is 10.9 Å². The van der Waals surface area contributed by atoms with Crippen molar-refractivity contribution in [3.05, 3.63) is 69.9 Å². The topological polar surface area (TPSA) is 102 Å². The number of aromatic nitrogens is 2. The summed E-state index contributed by atoms with van der Waals surface area (Å²) in [7, 11) is 0. The monoisotopic (exact) mass is 539 g/mol. The summed E-state index contributed by atoms with van der Waals surface area (Å²) in [5.41, 5.74) is 10.1. The molecule has 1 aliphatic carbocycles. The van der Waals surface area contributed by atoms with E-state index in [0.717, 1.165) is 48.0 Å². The predicted molar refractivity (Wildman–Crippen MR) is 143 cm³/mol. The lowest BCUT2D eigenvalue weighted by Crippen LogP contribution is -2.60. The Morgan fingerprint density at radius 2 is 2.08 bits per heavy atom. The Kier molecular flexibility index (Phi) is 7.76. The predicted octanol–water partition coefficient (Wildman–Crippen LogP) is 4.67. The van der Waals surface area contributed by atoms with E-state index in [1.165, 1.54) is 17.2 Å². The highest BCUT2D eigenvalue weighted by Crippen LogP contribution is 2.37. The molecule has 8 nitrogen and oxygen atoms in total. The van der Waals surface area contributed by atoms with Crippen LogP contribution < -0.4 is 5.73 Å². The van der Waals surface area contributed by atoms with Crippen molar-refractivity contribution in [2.45, 2.75) is 51.1 Å². The molecule has 38 heavy (non-hydrogen) atoms. The summed E-state index contributed by atoms with van der Waals surface area (Å²) >= 11 is 6.80. The molecular weight excluding hydrogens is 509 g/mol. The summed E-state index contributed by atoms with van der Waals surface area (Å²) in [6.07, 6.45) is 4.14. The first-order valence-electron chi connectivity index (χ1n) is 13.1. The van der Waals surface area contributed by atoms with Crippen LogP contribution in [0.2, 0.25) is 5.02 Å². The normalized spacial score (nSPS) is 19.4. The Labute approximate surface area is 225 Å². The van der Waals surface area contributed by atoms with Crippen molar-refractivity contribution in [2.75, 3.05) is 26.2 Å². The third kappa shape index (κ3) is 5.31. The summed E-state index contributed by atoms with van der Waals surface area (Å²) in [5.74, 6) is -0.408. The standard InChI is InChI=1S/C28H31ClFN5O3/c1-2-3-12-38-28(37)35-11-10-34(16-25(35)31)27(36)18-5-8-21-24(14-18)33-23-13-17(4-7-20(23)26(21)29)22-9-6-19(30)15-32-22/h5-6,8-9,14-15,17,25H,2-4,7,10-13,16,31H2,1H3/t17?,25-/m0/s1. The van der Waals surface area contributed by atoms with E-state index in [1.54, 1.807) is 23.1 Å². The molecule has 1 aliphatic heterocycles. The number of hydrogen-bond acceptors (Lipinski definition) is 6. The van der Waals surface area contributed by atoms with E-state index in [-0.39, 0.29) is 24.2 Å². The molecule has 2 aliphatic rings. The largest absolute Gasteiger partial charge is 0.449 e. The van der Waals surface area contributed by atoms with E-state index >= 15 is 0 Å². The number of carbonyl (C=O) groups is 2. The molecule has 10 heteroatoms. The molecule has 0 bridgehead atoms. The van der Waals surface area contributed by atoms with Crippen LogP contribution >= 0.6 is 11.6 Å². The van der Waals surface area contributed by atoms with Gasteiger partial charge in [-0.15, -0.1) is 0 Å². The van der Waals surface area contributed by atoms with Gasteiger partial charge in [0, 0.05) is 41.3 Å². The van der Waals surface area contributed by atoms with Crippen LogP contribution in [-0.4, -0.2) is 64.2 Å². The fourth-order valence-corrected chi connectivity index (χ4v) is 5.56.